The summed E-state index contributed by atoms with van der Waals surface area (Å²) in [5.74, 6) is -5.67. The summed E-state index contributed by atoms with van der Waals surface area (Å²) in [6, 6.07) is 13.4. The van der Waals surface area contributed by atoms with Gasteiger partial charge in [0.15, 0.2) is 0 Å². The van der Waals surface area contributed by atoms with Crippen LogP contribution in [-0.2, 0) is 59.1 Å². The van der Waals surface area contributed by atoms with Gasteiger partial charge in [0.2, 0.25) is 41.4 Å². The number of aliphatic hydroxyl groups excluding tert-OH is 1. The molecule has 104 heavy (non-hydrogen) atoms. The number of likely N-dealkylation sites (tertiary alicyclic amines) is 1. The molecular weight excluding hydrogens is 1330 g/mol. The van der Waals surface area contributed by atoms with E-state index in [0.29, 0.717) is 72.4 Å². The maximum atomic E-state index is 14.9. The van der Waals surface area contributed by atoms with Crippen LogP contribution in [-0.4, -0.2) is 193 Å². The predicted octanol–water partition coefficient (Wildman–Crippen LogP) is 6.93. The minimum atomic E-state index is -1.13. The first-order valence-electron chi connectivity index (χ1n) is 36.3. The number of hydrogen-bond acceptors (Lipinski definition) is 17. The fourth-order valence-corrected chi connectivity index (χ4v) is 12.9. The van der Waals surface area contributed by atoms with Gasteiger partial charge in [0.1, 0.15) is 30.8 Å². The number of nitrogen functional groups attached to an aromatic ring is 2. The van der Waals surface area contributed by atoms with Crippen molar-refractivity contribution < 1.29 is 72.0 Å². The van der Waals surface area contributed by atoms with Crippen LogP contribution in [0.5, 0.6) is 0 Å². The van der Waals surface area contributed by atoms with Gasteiger partial charge in [-0.15, -0.1) is 0 Å². The quantitative estimate of drug-likeness (QED) is 0.0202. The summed E-state index contributed by atoms with van der Waals surface area (Å²) in [4.78, 5) is 142. The largest absolute Gasteiger partial charge is 0.445 e. The Bertz CT molecular complexity index is 3320. The number of rotatable bonds is 41. The molecule has 1 saturated heterocycles. The van der Waals surface area contributed by atoms with Gasteiger partial charge < -0.3 is 88.3 Å². The van der Waals surface area contributed by atoms with E-state index >= 15 is 0 Å². The summed E-state index contributed by atoms with van der Waals surface area (Å²) in [5.41, 5.74) is 18.1. The highest BCUT2D eigenvalue weighted by Gasteiger charge is 2.44. The Kier molecular flexibility index (Phi) is 34.8. The van der Waals surface area contributed by atoms with E-state index in [2.05, 4.69) is 37.2 Å². The number of aliphatic hydroxyl groups is 1. The van der Waals surface area contributed by atoms with Crippen LogP contribution in [0.2, 0.25) is 0 Å². The lowest BCUT2D eigenvalue weighted by Crippen LogP contribution is -2.60. The van der Waals surface area contributed by atoms with Crippen molar-refractivity contribution in [3.8, 4) is 0 Å². The van der Waals surface area contributed by atoms with Crippen molar-refractivity contribution in [2.24, 2.45) is 35.3 Å². The molecule has 12 atom stereocenters. The average molecular weight is 1460 g/mol. The van der Waals surface area contributed by atoms with Crippen molar-refractivity contribution in [2.45, 2.75) is 233 Å². The molecule has 0 unspecified atom stereocenters. The number of anilines is 3. The number of nitrogens with two attached hydrogens (primary N) is 3. The Hall–Kier alpha value is -8.60. The molecule has 11 amide bonds. The summed E-state index contributed by atoms with van der Waals surface area (Å²) in [6.07, 6.45) is -0.368. The van der Waals surface area contributed by atoms with Gasteiger partial charge in [-0.3, -0.25) is 43.3 Å². The third kappa shape index (κ3) is 26.5. The SMILES string of the molecule is CC[C@H](C)[C@@H]([C@@H](CC(=O)N1CCC[C@H]1[C@H](OC)[C@@H](C)C(=O)N[C@H](C)[C@@H](O)c1ccccc1)OC)N(C)C(=O)[C@@H](NC(=O)[C@H](C(C)C)N(C)C(=O)OCc1ccc(NC(=O)[C@H](CCCNC(N)=O)NC(=O)[C@@H](NC(=O)CCC(C)(C)OCCC(C)(C)NC(=O)c2ccc(N)c(N)c2)C(C)C)cc1)C(C)C. The molecule has 1 fully saturated rings. The fourth-order valence-electron chi connectivity index (χ4n) is 12.9. The van der Waals surface area contributed by atoms with Crippen molar-refractivity contribution >= 4 is 76.4 Å². The van der Waals surface area contributed by atoms with E-state index in [0.717, 1.165) is 0 Å². The molecule has 0 radical (unpaired) electrons. The number of ether oxygens (including phenoxy) is 4. The summed E-state index contributed by atoms with van der Waals surface area (Å²) in [6.45, 7) is 26.1. The zero-order valence-electron chi connectivity index (χ0n) is 64.5. The second-order valence-corrected chi connectivity index (χ2v) is 29.8. The van der Waals surface area contributed by atoms with Crippen LogP contribution in [0.3, 0.4) is 0 Å². The van der Waals surface area contributed by atoms with Gasteiger partial charge in [-0.2, -0.15) is 0 Å². The number of likely N-dealkylation sites (N-methyl/N-ethyl adjacent to an activating group) is 2. The van der Waals surface area contributed by atoms with Crippen LogP contribution in [0.1, 0.15) is 182 Å². The van der Waals surface area contributed by atoms with Gasteiger partial charge in [0, 0.05) is 71.2 Å². The molecule has 0 saturated carbocycles. The van der Waals surface area contributed by atoms with Crippen molar-refractivity contribution in [3.05, 3.63) is 89.5 Å². The molecule has 1 aliphatic rings. The number of benzene rings is 3. The molecule has 4 rings (SSSR count). The maximum Gasteiger partial charge on any atom is 0.410 e. The first-order valence-corrected chi connectivity index (χ1v) is 36.3. The lowest BCUT2D eigenvalue weighted by Gasteiger charge is -2.41. The van der Waals surface area contributed by atoms with Gasteiger partial charge in [0.25, 0.3) is 5.91 Å². The zero-order chi connectivity index (χ0) is 78.1. The number of nitrogens with one attached hydrogen (secondary N) is 7. The van der Waals surface area contributed by atoms with Crippen LogP contribution >= 0.6 is 0 Å². The van der Waals surface area contributed by atoms with Gasteiger partial charge in [-0.25, -0.2) is 9.59 Å². The minimum Gasteiger partial charge on any atom is -0.445 e. The second-order valence-electron chi connectivity index (χ2n) is 29.8. The van der Waals surface area contributed by atoms with Crippen molar-refractivity contribution in [2.75, 3.05) is 64.8 Å². The highest BCUT2D eigenvalue weighted by atomic mass is 16.6. The summed E-state index contributed by atoms with van der Waals surface area (Å²) >= 11 is 0. The Labute approximate surface area is 615 Å². The Morgan fingerprint density at radius 1 is 0.721 bits per heavy atom. The number of carbonyl (C=O) groups excluding carboxylic acids is 10. The molecule has 0 spiro atoms. The first-order chi connectivity index (χ1) is 48.8. The Balaban J connectivity index is 1.36. The molecule has 28 nitrogen and oxygen atoms in total. The Morgan fingerprint density at radius 3 is 1.94 bits per heavy atom. The zero-order valence-corrected chi connectivity index (χ0v) is 64.5. The lowest BCUT2D eigenvalue weighted by molar-refractivity contribution is -0.148. The van der Waals surface area contributed by atoms with Crippen molar-refractivity contribution in [3.63, 3.8) is 0 Å². The van der Waals surface area contributed by atoms with E-state index in [1.807, 2.05) is 59.7 Å². The van der Waals surface area contributed by atoms with Crippen molar-refractivity contribution in [1.82, 2.24) is 46.6 Å². The number of nitrogens with zero attached hydrogens (tertiary/aromatic N) is 3. The van der Waals surface area contributed by atoms with Crippen LogP contribution in [0.25, 0.3) is 0 Å². The van der Waals surface area contributed by atoms with Gasteiger partial charge in [-0.05, 0) is 138 Å². The van der Waals surface area contributed by atoms with Crippen LogP contribution < -0.4 is 54.4 Å². The topological polar surface area (TPSA) is 400 Å². The monoisotopic (exact) mass is 1460 g/mol. The number of primary amides is 1. The van der Waals surface area contributed by atoms with Crippen LogP contribution in [0.15, 0.2) is 72.8 Å². The van der Waals surface area contributed by atoms with Crippen molar-refractivity contribution in [1.29, 1.82) is 0 Å². The third-order valence-electron chi connectivity index (χ3n) is 19.5. The highest BCUT2D eigenvalue weighted by molar-refractivity contribution is 5.99. The fraction of sp³-hybridized carbons (Fsp3) is 0.632. The highest BCUT2D eigenvalue weighted by Crippen LogP contribution is 2.31. The smallest absolute Gasteiger partial charge is 0.410 e. The van der Waals surface area contributed by atoms with E-state index in [-0.39, 0.29) is 69.1 Å². The maximum absolute atomic E-state index is 14.9. The molecule has 580 valence electrons. The molecule has 14 N–H and O–H groups in total. The van der Waals surface area contributed by atoms with E-state index < -0.39 is 137 Å². The van der Waals surface area contributed by atoms with Crippen LogP contribution in [0, 0.1) is 29.6 Å². The number of urea groups is 1. The normalized spacial score (nSPS) is 16.4. The minimum absolute atomic E-state index is 0.00806. The molecule has 3 aromatic carbocycles. The summed E-state index contributed by atoms with van der Waals surface area (Å²) in [7, 11) is 6.08. The Morgan fingerprint density at radius 2 is 1.37 bits per heavy atom. The molecule has 3 aromatic rings. The summed E-state index contributed by atoms with van der Waals surface area (Å²) < 4.78 is 24.0. The number of methoxy groups -OCH3 is 2. The molecule has 28 heteroatoms. The third-order valence-corrected chi connectivity index (χ3v) is 19.5. The van der Waals surface area contributed by atoms with E-state index in [1.165, 1.54) is 32.2 Å². The molecule has 0 aliphatic carbocycles. The molecule has 0 bridgehead atoms. The first kappa shape index (κ1) is 87.8. The van der Waals surface area contributed by atoms with Gasteiger partial charge >= 0.3 is 12.1 Å². The number of amides is 11. The molecule has 1 heterocycles. The molecule has 0 aromatic heterocycles. The van der Waals surface area contributed by atoms with E-state index in [4.69, 9.17) is 36.1 Å². The second kappa shape index (κ2) is 41.2. The van der Waals surface area contributed by atoms with E-state index in [9.17, 15) is 53.1 Å². The van der Waals surface area contributed by atoms with E-state index in [1.54, 1.807) is 121 Å². The van der Waals surface area contributed by atoms with Gasteiger partial charge in [0.05, 0.1) is 65.8 Å². The average Bonchev–Trinajstić information content (AvgIpc) is 1.21. The summed E-state index contributed by atoms with van der Waals surface area (Å²) in [5, 5.41) is 30.8. The predicted molar refractivity (Wildman–Crippen MR) is 400 cm³/mol. The molecule has 1 aliphatic heterocycles. The molecular formula is C76H121N13O15. The lowest BCUT2D eigenvalue weighted by atomic mass is 9.89. The standard InChI is InChI=1S/C76H121N13O15/c1-19-47(8)64(58(101-17)42-60(91)89-39-24-28-57(89)66(102-18)48(9)67(93)81-49(10)65(92)51-25-21-20-22-26-51)87(15)72(98)62(45(4)5)85-71(97)63(46(6)7)88(16)74(100)103-43-50-29-32-53(33-30-50)82-69(95)56(27-23-38-80-73(79)99)83-70(96)61(44(2)3)84-59(90)35-36-76(13,14)104-40-37-75(11,12)86-68(94)52-31-34-54(77)55(78)41-52/h20-22,25-26,29-34,41,44-49,56-58,61-66,92H,19,23-24,27-28,35-40,42-43,77-78H2,1-18H3,(H,81,93)(H,82,95)(H,83,96)(H,84,90)(H,85,97)(H,86,94)(H3,79,80,99)/t47-,48+,49+,56-,57-,58+,61-,62-,63-,64-,65+,66+/m0/s1. The van der Waals surface area contributed by atoms with Gasteiger partial charge in [-0.1, -0.05) is 111 Å². The van der Waals surface area contributed by atoms with Crippen LogP contribution in [0.4, 0.5) is 26.7 Å². The number of hydrogen-bond donors (Lipinski definition) is 11. The number of carbonyl (C=O) groups is 10.